The minimum absolute atomic E-state index is 0.0615. The molecular weight excluding hydrogens is 529 g/mol. The minimum atomic E-state index is -1.49. The van der Waals surface area contributed by atoms with Crippen molar-refractivity contribution in [2.24, 2.45) is 5.92 Å². The lowest BCUT2D eigenvalue weighted by atomic mass is 9.99. The number of Topliss-reactive ketones (excluding diaryl/α,β-unsaturated/α-hetero) is 1. The zero-order valence-corrected chi connectivity index (χ0v) is 20.2. The summed E-state index contributed by atoms with van der Waals surface area (Å²) in [5.74, 6) is -6.16. The van der Waals surface area contributed by atoms with Crippen LogP contribution in [0.25, 0.3) is 0 Å². The summed E-state index contributed by atoms with van der Waals surface area (Å²) in [5, 5.41) is 2.43. The summed E-state index contributed by atoms with van der Waals surface area (Å²) in [6, 6.07) is 9.07. The quantitative estimate of drug-likeness (QED) is 0.203. The van der Waals surface area contributed by atoms with Crippen LogP contribution in [0.15, 0.2) is 48.5 Å². The lowest BCUT2D eigenvalue weighted by Gasteiger charge is -2.11. The van der Waals surface area contributed by atoms with E-state index in [1.54, 1.807) is 0 Å². The predicted octanol–water partition coefficient (Wildman–Crippen LogP) is 7.16. The normalized spacial score (nSPS) is 18.3. The molecule has 1 aliphatic rings. The van der Waals surface area contributed by atoms with Crippen molar-refractivity contribution in [1.82, 2.24) is 0 Å². The number of alkyl halides is 2. The molecule has 0 aromatic heterocycles. The standard InChI is InChI=1S/C25H16Cl3F4NO2/c1-11-6-15(10-16(23(11)32)20(34)8-12-2-4-14(29)9-19(12)31)33-24(35)22-21(25(22,27)28)13-3-5-18(30)17(26)7-13/h2-7,9-10,21-22H,8H2,1H3,(H,33,35). The SMILES string of the molecule is Cc1cc(NC(=O)C2C(c3ccc(F)c(Cl)c3)C2(Cl)Cl)cc(C(=O)Cc2ccc(F)cc2F)c1F. The van der Waals surface area contributed by atoms with Gasteiger partial charge in [-0.3, -0.25) is 9.59 Å². The Balaban J connectivity index is 1.55. The lowest BCUT2D eigenvalue weighted by Crippen LogP contribution is -2.18. The van der Waals surface area contributed by atoms with Crippen molar-refractivity contribution in [3.05, 3.63) is 99.1 Å². The molecule has 0 aliphatic heterocycles. The monoisotopic (exact) mass is 543 g/mol. The van der Waals surface area contributed by atoms with Crippen LogP contribution in [0.5, 0.6) is 0 Å². The molecule has 0 heterocycles. The fraction of sp³-hybridized carbons (Fsp3) is 0.200. The molecule has 2 atom stereocenters. The summed E-state index contributed by atoms with van der Waals surface area (Å²) in [4.78, 5) is 25.6. The van der Waals surface area contributed by atoms with Gasteiger partial charge in [0.1, 0.15) is 27.6 Å². The first kappa shape index (κ1) is 25.5. The van der Waals surface area contributed by atoms with Crippen molar-refractivity contribution < 1.29 is 27.2 Å². The van der Waals surface area contributed by atoms with E-state index in [1.807, 2.05) is 0 Å². The number of hydrogen-bond donors (Lipinski definition) is 1. The molecule has 0 spiro atoms. The molecule has 1 amide bonds. The van der Waals surface area contributed by atoms with Gasteiger partial charge in [0, 0.05) is 24.1 Å². The van der Waals surface area contributed by atoms with Gasteiger partial charge in [-0.05, 0) is 53.9 Å². The number of nitrogens with one attached hydrogen (secondary N) is 1. The van der Waals surface area contributed by atoms with E-state index in [1.165, 1.54) is 25.1 Å². The number of anilines is 1. The summed E-state index contributed by atoms with van der Waals surface area (Å²) in [5.41, 5.74) is 0.157. The van der Waals surface area contributed by atoms with E-state index in [0.717, 1.165) is 24.3 Å². The Bertz CT molecular complexity index is 1360. The number of benzene rings is 3. The summed E-state index contributed by atoms with van der Waals surface area (Å²) >= 11 is 18.4. The van der Waals surface area contributed by atoms with Gasteiger partial charge in [-0.25, -0.2) is 17.6 Å². The number of amides is 1. The highest BCUT2D eigenvalue weighted by Gasteiger charge is 2.67. The van der Waals surface area contributed by atoms with Crippen LogP contribution in [0.1, 0.15) is 33.0 Å². The minimum Gasteiger partial charge on any atom is -0.326 e. The van der Waals surface area contributed by atoms with Crippen molar-refractivity contribution in [3.63, 3.8) is 0 Å². The number of aryl methyl sites for hydroxylation is 1. The second-order valence-electron chi connectivity index (χ2n) is 8.28. The van der Waals surface area contributed by atoms with E-state index in [9.17, 15) is 27.2 Å². The molecule has 1 fully saturated rings. The Morgan fingerprint density at radius 2 is 1.69 bits per heavy atom. The fourth-order valence-corrected chi connectivity index (χ4v) is 4.99. The maximum Gasteiger partial charge on any atom is 0.231 e. The zero-order valence-electron chi connectivity index (χ0n) is 17.9. The molecule has 1 aliphatic carbocycles. The third-order valence-corrected chi connectivity index (χ3v) is 7.06. The van der Waals surface area contributed by atoms with Crippen molar-refractivity contribution in [2.75, 3.05) is 5.32 Å². The zero-order chi connectivity index (χ0) is 25.7. The van der Waals surface area contributed by atoms with Gasteiger partial charge >= 0.3 is 0 Å². The maximum absolute atomic E-state index is 14.7. The van der Waals surface area contributed by atoms with Crippen LogP contribution in [0.2, 0.25) is 5.02 Å². The highest BCUT2D eigenvalue weighted by molar-refractivity contribution is 6.53. The van der Waals surface area contributed by atoms with E-state index in [2.05, 4.69) is 5.32 Å². The third-order valence-electron chi connectivity index (χ3n) is 5.83. The van der Waals surface area contributed by atoms with Crippen LogP contribution in [-0.2, 0) is 11.2 Å². The molecular formula is C25H16Cl3F4NO2. The second kappa shape index (κ2) is 9.45. The average Bonchev–Trinajstić information content (AvgIpc) is 3.36. The summed E-state index contributed by atoms with van der Waals surface area (Å²) in [6.45, 7) is 1.40. The Kier molecular flexibility index (Phi) is 6.88. The topological polar surface area (TPSA) is 46.2 Å². The van der Waals surface area contributed by atoms with Crippen LogP contribution < -0.4 is 5.32 Å². The second-order valence-corrected chi connectivity index (χ2v) is 10.1. The summed E-state index contributed by atoms with van der Waals surface area (Å²) in [7, 11) is 0. The van der Waals surface area contributed by atoms with E-state index in [-0.39, 0.29) is 27.4 Å². The smallest absolute Gasteiger partial charge is 0.231 e. The van der Waals surface area contributed by atoms with Crippen LogP contribution in [0, 0.1) is 36.1 Å². The molecule has 182 valence electrons. The molecule has 2 unspecified atom stereocenters. The summed E-state index contributed by atoms with van der Waals surface area (Å²) < 4.78 is 53.8. The Hall–Kier alpha value is -2.61. The first-order valence-corrected chi connectivity index (χ1v) is 11.4. The van der Waals surface area contributed by atoms with Gasteiger partial charge in [0.15, 0.2) is 5.78 Å². The van der Waals surface area contributed by atoms with Crippen LogP contribution in [0.3, 0.4) is 0 Å². The number of hydrogen-bond acceptors (Lipinski definition) is 2. The van der Waals surface area contributed by atoms with E-state index < -0.39 is 57.5 Å². The van der Waals surface area contributed by atoms with Crippen molar-refractivity contribution in [1.29, 1.82) is 0 Å². The van der Waals surface area contributed by atoms with Gasteiger partial charge in [-0.1, -0.05) is 23.7 Å². The van der Waals surface area contributed by atoms with Gasteiger partial charge in [-0.15, -0.1) is 23.2 Å². The highest BCUT2D eigenvalue weighted by Crippen LogP contribution is 2.65. The number of ketones is 1. The van der Waals surface area contributed by atoms with Gasteiger partial charge in [0.05, 0.1) is 16.5 Å². The molecule has 1 N–H and O–H groups in total. The van der Waals surface area contributed by atoms with E-state index in [4.69, 9.17) is 34.8 Å². The fourth-order valence-electron chi connectivity index (χ4n) is 3.97. The van der Waals surface area contributed by atoms with E-state index >= 15 is 0 Å². The molecule has 4 rings (SSSR count). The molecule has 0 radical (unpaired) electrons. The van der Waals surface area contributed by atoms with Gasteiger partial charge in [0.25, 0.3) is 0 Å². The van der Waals surface area contributed by atoms with Crippen molar-refractivity contribution in [3.8, 4) is 0 Å². The Labute approximate surface area is 213 Å². The molecule has 10 heteroatoms. The number of carbonyl (C=O) groups is 2. The molecule has 3 aromatic rings. The lowest BCUT2D eigenvalue weighted by molar-refractivity contribution is -0.117. The molecule has 0 bridgehead atoms. The summed E-state index contributed by atoms with van der Waals surface area (Å²) in [6.07, 6.45) is -0.512. The molecule has 35 heavy (non-hydrogen) atoms. The van der Waals surface area contributed by atoms with Crippen molar-refractivity contribution >= 4 is 52.2 Å². The number of halogens is 7. The maximum atomic E-state index is 14.7. The first-order valence-electron chi connectivity index (χ1n) is 10.3. The number of carbonyl (C=O) groups excluding carboxylic acids is 2. The largest absolute Gasteiger partial charge is 0.326 e. The molecule has 3 aromatic carbocycles. The number of rotatable bonds is 6. The van der Waals surface area contributed by atoms with Gasteiger partial charge < -0.3 is 5.32 Å². The van der Waals surface area contributed by atoms with Gasteiger partial charge in [-0.2, -0.15) is 0 Å². The average molecular weight is 545 g/mol. The molecule has 0 saturated heterocycles. The molecule has 1 saturated carbocycles. The third kappa shape index (κ3) is 5.03. The van der Waals surface area contributed by atoms with Crippen LogP contribution in [0.4, 0.5) is 23.2 Å². The van der Waals surface area contributed by atoms with Crippen LogP contribution >= 0.6 is 34.8 Å². The van der Waals surface area contributed by atoms with Crippen molar-refractivity contribution in [2.45, 2.75) is 23.6 Å². The molecule has 3 nitrogen and oxygen atoms in total. The van der Waals surface area contributed by atoms with E-state index in [0.29, 0.717) is 11.6 Å². The first-order chi connectivity index (χ1) is 16.4. The van der Waals surface area contributed by atoms with Crippen LogP contribution in [-0.4, -0.2) is 16.0 Å². The highest BCUT2D eigenvalue weighted by atomic mass is 35.5. The predicted molar refractivity (Wildman–Crippen MR) is 126 cm³/mol. The Morgan fingerprint density at radius 3 is 2.34 bits per heavy atom. The van der Waals surface area contributed by atoms with Gasteiger partial charge in [0.2, 0.25) is 5.91 Å². The Morgan fingerprint density at radius 1 is 0.971 bits per heavy atom.